The number of carbonyl (C=O) groups excluding carboxylic acids is 1. The third kappa shape index (κ3) is 4.63. The molecule has 0 aliphatic carbocycles. The van der Waals surface area contributed by atoms with Crippen LogP contribution in [-0.4, -0.2) is 37.1 Å². The largest absolute Gasteiger partial charge is 0.496 e. The number of fused-ring (bicyclic) bond motifs is 2. The molecule has 32 heavy (non-hydrogen) atoms. The summed E-state index contributed by atoms with van der Waals surface area (Å²) in [5.41, 5.74) is 3.47. The summed E-state index contributed by atoms with van der Waals surface area (Å²) in [7, 11) is 5.27. The number of rotatable bonds is 6. The van der Waals surface area contributed by atoms with Crippen molar-refractivity contribution >= 4 is 50.8 Å². The van der Waals surface area contributed by atoms with Crippen LogP contribution in [0, 0.1) is 0 Å². The van der Waals surface area contributed by atoms with Crippen LogP contribution >= 0.6 is 11.8 Å². The number of pyridine rings is 1. The molecule has 0 N–H and O–H groups in total. The molecule has 1 aromatic heterocycles. The van der Waals surface area contributed by atoms with E-state index in [2.05, 4.69) is 77.5 Å². The Morgan fingerprint density at radius 1 is 0.906 bits per heavy atom. The van der Waals surface area contributed by atoms with Crippen molar-refractivity contribution in [1.29, 1.82) is 0 Å². The van der Waals surface area contributed by atoms with E-state index in [1.807, 2.05) is 12.1 Å². The van der Waals surface area contributed by atoms with E-state index in [9.17, 15) is 4.79 Å². The molecule has 0 fully saturated rings. The summed E-state index contributed by atoms with van der Waals surface area (Å²) in [6, 6.07) is 23.0. The smallest absolute Gasteiger partial charge is 0.281 e. The van der Waals surface area contributed by atoms with Crippen LogP contribution in [0.15, 0.2) is 72.9 Å². The van der Waals surface area contributed by atoms with Gasteiger partial charge in [0.15, 0.2) is 12.7 Å². The molecule has 0 atom stereocenters. The quantitative estimate of drug-likeness (QED) is 0.349. The van der Waals surface area contributed by atoms with Crippen molar-refractivity contribution in [2.24, 2.45) is 0 Å². The first-order valence-electron chi connectivity index (χ1n) is 10.6. The Balaban J connectivity index is 1.64. The minimum Gasteiger partial charge on any atom is -0.496 e. The molecule has 1 amide bonds. The van der Waals surface area contributed by atoms with Gasteiger partial charge in [0, 0.05) is 31.6 Å². The lowest BCUT2D eigenvalue weighted by Crippen LogP contribution is -2.36. The summed E-state index contributed by atoms with van der Waals surface area (Å²) >= 11 is 1.35. The molecule has 0 unspecified atom stereocenters. The highest BCUT2D eigenvalue weighted by Crippen LogP contribution is 2.29. The topological polar surface area (TPSA) is 33.4 Å². The van der Waals surface area contributed by atoms with Crippen molar-refractivity contribution in [3.63, 3.8) is 0 Å². The van der Waals surface area contributed by atoms with Crippen molar-refractivity contribution in [2.45, 2.75) is 6.54 Å². The maximum Gasteiger partial charge on any atom is 0.281 e. The zero-order valence-electron chi connectivity index (χ0n) is 18.6. The van der Waals surface area contributed by atoms with Crippen molar-refractivity contribution in [3.05, 3.63) is 84.1 Å². The second-order valence-electron chi connectivity index (χ2n) is 7.73. The molecule has 4 aromatic rings. The Bertz CT molecular complexity index is 1300. The predicted molar refractivity (Wildman–Crippen MR) is 135 cm³/mol. The standard InChI is InChI=1S/C27H27N2O2S/c1-28(2)27(30)32-19-18-29-17-16-21(23-9-6-7-11-25(23)29)13-12-20-14-15-26(31-3)24-10-5-4-8-22(20)24/h4-17H,18-19H2,1-3H3/q+1/b13-12+. The van der Waals surface area contributed by atoms with Gasteiger partial charge in [-0.3, -0.25) is 4.79 Å². The fourth-order valence-corrected chi connectivity index (χ4v) is 4.53. The maximum absolute atomic E-state index is 11.9. The molecule has 0 aliphatic rings. The average Bonchev–Trinajstić information content (AvgIpc) is 2.83. The molecule has 0 radical (unpaired) electrons. The summed E-state index contributed by atoms with van der Waals surface area (Å²) < 4.78 is 7.74. The van der Waals surface area contributed by atoms with Crippen LogP contribution in [0.25, 0.3) is 33.8 Å². The van der Waals surface area contributed by atoms with E-state index in [1.54, 1.807) is 26.1 Å². The Morgan fingerprint density at radius 3 is 2.28 bits per heavy atom. The number of thioether (sulfide) groups is 1. The van der Waals surface area contributed by atoms with E-state index in [0.29, 0.717) is 0 Å². The molecule has 162 valence electrons. The normalized spacial score (nSPS) is 11.3. The minimum absolute atomic E-state index is 0.0844. The highest BCUT2D eigenvalue weighted by molar-refractivity contribution is 8.13. The van der Waals surface area contributed by atoms with Crippen molar-refractivity contribution in [3.8, 4) is 5.75 Å². The zero-order chi connectivity index (χ0) is 22.5. The molecule has 5 heteroatoms. The van der Waals surface area contributed by atoms with Crippen molar-refractivity contribution in [2.75, 3.05) is 27.0 Å². The summed E-state index contributed by atoms with van der Waals surface area (Å²) in [5, 5.41) is 3.55. The number of methoxy groups -OCH3 is 1. The van der Waals surface area contributed by atoms with E-state index in [-0.39, 0.29) is 5.24 Å². The van der Waals surface area contributed by atoms with Gasteiger partial charge in [0.1, 0.15) is 5.75 Å². The van der Waals surface area contributed by atoms with Gasteiger partial charge in [-0.25, -0.2) is 0 Å². The summed E-state index contributed by atoms with van der Waals surface area (Å²) in [5.74, 6) is 1.62. The van der Waals surface area contributed by atoms with Crippen LogP contribution in [-0.2, 0) is 6.54 Å². The molecular weight excluding hydrogens is 416 g/mol. The molecule has 0 saturated carbocycles. The van der Waals surface area contributed by atoms with Gasteiger partial charge in [-0.05, 0) is 28.6 Å². The first-order chi connectivity index (χ1) is 15.6. The lowest BCUT2D eigenvalue weighted by molar-refractivity contribution is -0.666. The van der Waals surface area contributed by atoms with Crippen LogP contribution in [0.1, 0.15) is 11.1 Å². The summed E-state index contributed by atoms with van der Waals surface area (Å²) in [4.78, 5) is 13.5. The van der Waals surface area contributed by atoms with E-state index >= 15 is 0 Å². The molecular formula is C27H27N2O2S+. The molecule has 0 saturated heterocycles. The Labute approximate surface area is 193 Å². The van der Waals surface area contributed by atoms with E-state index in [0.717, 1.165) is 40.1 Å². The maximum atomic E-state index is 11.9. The lowest BCUT2D eigenvalue weighted by atomic mass is 10.0. The highest BCUT2D eigenvalue weighted by atomic mass is 32.2. The Hall–Kier alpha value is -3.31. The third-order valence-electron chi connectivity index (χ3n) is 5.46. The lowest BCUT2D eigenvalue weighted by Gasteiger charge is -2.09. The average molecular weight is 444 g/mol. The fraction of sp³-hybridized carbons (Fsp3) is 0.185. The molecule has 0 spiro atoms. The fourth-order valence-electron chi connectivity index (χ4n) is 3.81. The predicted octanol–water partition coefficient (Wildman–Crippen LogP) is 5.87. The van der Waals surface area contributed by atoms with Gasteiger partial charge in [-0.1, -0.05) is 66.4 Å². The van der Waals surface area contributed by atoms with Crippen LogP contribution in [0.3, 0.4) is 0 Å². The monoisotopic (exact) mass is 443 g/mol. The number of hydrogen-bond acceptors (Lipinski definition) is 3. The first kappa shape index (κ1) is 21.9. The number of aryl methyl sites for hydroxylation is 1. The molecule has 4 rings (SSSR count). The summed E-state index contributed by atoms with van der Waals surface area (Å²) in [6.45, 7) is 0.776. The molecule has 0 bridgehead atoms. The third-order valence-corrected chi connectivity index (χ3v) is 6.46. The summed E-state index contributed by atoms with van der Waals surface area (Å²) in [6.07, 6.45) is 6.44. The number of ether oxygens (including phenoxy) is 1. The van der Waals surface area contributed by atoms with Crippen molar-refractivity contribution < 1.29 is 14.1 Å². The highest BCUT2D eigenvalue weighted by Gasteiger charge is 2.13. The number of para-hydroxylation sites is 1. The second kappa shape index (κ2) is 9.88. The number of hydrogen-bond donors (Lipinski definition) is 0. The molecule has 1 heterocycles. The second-order valence-corrected chi connectivity index (χ2v) is 8.77. The molecule has 0 aliphatic heterocycles. The van der Waals surface area contributed by atoms with Gasteiger partial charge in [0.05, 0.1) is 18.2 Å². The number of benzene rings is 3. The number of aromatic nitrogens is 1. The van der Waals surface area contributed by atoms with Gasteiger partial charge in [-0.2, -0.15) is 4.57 Å². The van der Waals surface area contributed by atoms with Crippen molar-refractivity contribution in [1.82, 2.24) is 4.90 Å². The van der Waals surface area contributed by atoms with E-state index < -0.39 is 0 Å². The first-order valence-corrected chi connectivity index (χ1v) is 11.6. The zero-order valence-corrected chi connectivity index (χ0v) is 19.4. The Morgan fingerprint density at radius 2 is 1.56 bits per heavy atom. The van der Waals surface area contributed by atoms with Gasteiger partial charge in [0.25, 0.3) is 5.24 Å². The van der Waals surface area contributed by atoms with Crippen LogP contribution < -0.4 is 9.30 Å². The SMILES string of the molecule is COc1ccc(/C=C/c2cc[n+](CCSC(=O)N(C)C)c3ccccc23)c2ccccc12. The number of nitrogens with zero attached hydrogens (tertiary/aromatic N) is 2. The van der Waals surface area contributed by atoms with Gasteiger partial charge >= 0.3 is 0 Å². The minimum atomic E-state index is 0.0844. The number of amides is 1. The van der Waals surface area contributed by atoms with Gasteiger partial charge < -0.3 is 9.64 Å². The van der Waals surface area contributed by atoms with Crippen LogP contribution in [0.2, 0.25) is 0 Å². The van der Waals surface area contributed by atoms with E-state index in [4.69, 9.17) is 4.74 Å². The van der Waals surface area contributed by atoms with E-state index in [1.165, 1.54) is 22.5 Å². The van der Waals surface area contributed by atoms with Crippen LogP contribution in [0.4, 0.5) is 4.79 Å². The van der Waals surface area contributed by atoms with Crippen LogP contribution in [0.5, 0.6) is 5.75 Å². The Kier molecular flexibility index (Phi) is 6.76. The van der Waals surface area contributed by atoms with Gasteiger partial charge in [-0.15, -0.1) is 0 Å². The molecule has 4 nitrogen and oxygen atoms in total. The molecule has 3 aromatic carbocycles. The number of carbonyl (C=O) groups is 1. The van der Waals surface area contributed by atoms with Gasteiger partial charge in [0.2, 0.25) is 5.52 Å².